The van der Waals surface area contributed by atoms with Crippen molar-refractivity contribution >= 4 is 27.5 Å². The topological polar surface area (TPSA) is 82.3 Å². The smallest absolute Gasteiger partial charge is 0.336 e. The quantitative estimate of drug-likeness (QED) is 0.681. The molecule has 1 fully saturated rings. The van der Waals surface area contributed by atoms with Crippen molar-refractivity contribution < 1.29 is 18.3 Å². The molecule has 1 atom stereocenters. The van der Waals surface area contributed by atoms with Crippen LogP contribution < -0.4 is 16.6 Å². The minimum Gasteiger partial charge on any atom is -0.376 e. The third-order valence-electron chi connectivity index (χ3n) is 4.71. The van der Waals surface area contributed by atoms with Crippen molar-refractivity contribution in [2.24, 2.45) is 0 Å². The fourth-order valence-electron chi connectivity index (χ4n) is 3.37. The first-order chi connectivity index (χ1) is 13.9. The first-order valence-corrected chi connectivity index (χ1v) is 9.90. The van der Waals surface area contributed by atoms with Gasteiger partial charge in [-0.25, -0.2) is 18.1 Å². The zero-order chi connectivity index (χ0) is 20.5. The van der Waals surface area contributed by atoms with Gasteiger partial charge in [0, 0.05) is 19.2 Å². The van der Waals surface area contributed by atoms with Crippen LogP contribution in [0.25, 0.3) is 15.9 Å². The van der Waals surface area contributed by atoms with Crippen LogP contribution in [0.15, 0.2) is 39.2 Å². The molecule has 4 rings (SSSR count). The van der Waals surface area contributed by atoms with E-state index in [1.54, 1.807) is 11.4 Å². The summed E-state index contributed by atoms with van der Waals surface area (Å²) in [6.45, 7) is 0.649. The van der Waals surface area contributed by atoms with E-state index in [-0.39, 0.29) is 23.0 Å². The predicted octanol–water partition coefficient (Wildman–Crippen LogP) is 1.79. The third-order valence-corrected chi connectivity index (χ3v) is 5.60. The third kappa shape index (κ3) is 3.85. The monoisotopic (exact) mass is 421 g/mol. The Bertz CT molecular complexity index is 1170. The maximum atomic E-state index is 13.7. The van der Waals surface area contributed by atoms with E-state index in [1.165, 1.54) is 0 Å². The SMILES string of the molecule is O=C(Cn1c(=O)n(-c2cc(F)cc(F)c2)c(=O)c2sccc21)NCC1CCCO1. The van der Waals surface area contributed by atoms with Crippen molar-refractivity contribution in [1.29, 1.82) is 0 Å². The number of amides is 1. The van der Waals surface area contributed by atoms with Crippen LogP contribution in [0.3, 0.4) is 0 Å². The van der Waals surface area contributed by atoms with Crippen LogP contribution in [0.4, 0.5) is 8.78 Å². The van der Waals surface area contributed by atoms with E-state index in [4.69, 9.17) is 4.74 Å². The Morgan fingerprint density at radius 3 is 2.69 bits per heavy atom. The highest BCUT2D eigenvalue weighted by Crippen LogP contribution is 2.17. The minimum atomic E-state index is -0.918. The lowest BCUT2D eigenvalue weighted by molar-refractivity contribution is -0.122. The van der Waals surface area contributed by atoms with Crippen molar-refractivity contribution in [1.82, 2.24) is 14.5 Å². The fourth-order valence-corrected chi connectivity index (χ4v) is 4.19. The summed E-state index contributed by atoms with van der Waals surface area (Å²) >= 11 is 1.08. The van der Waals surface area contributed by atoms with Crippen LogP contribution in [-0.2, 0) is 16.1 Å². The summed E-state index contributed by atoms with van der Waals surface area (Å²) in [5.41, 5.74) is -1.48. The average Bonchev–Trinajstić information content (AvgIpc) is 3.34. The molecule has 2 aromatic heterocycles. The molecule has 0 aliphatic carbocycles. The number of hydrogen-bond donors (Lipinski definition) is 1. The van der Waals surface area contributed by atoms with Crippen LogP contribution in [0.2, 0.25) is 0 Å². The van der Waals surface area contributed by atoms with Gasteiger partial charge in [-0.05, 0) is 36.4 Å². The molecule has 3 aromatic rings. The van der Waals surface area contributed by atoms with Gasteiger partial charge in [-0.15, -0.1) is 11.3 Å². The van der Waals surface area contributed by atoms with Crippen molar-refractivity contribution in [3.8, 4) is 5.69 Å². The van der Waals surface area contributed by atoms with Crippen molar-refractivity contribution in [2.75, 3.05) is 13.2 Å². The maximum Gasteiger partial charge on any atom is 0.336 e. The molecule has 7 nitrogen and oxygen atoms in total. The molecule has 0 radical (unpaired) electrons. The lowest BCUT2D eigenvalue weighted by Crippen LogP contribution is -2.42. The molecule has 1 aromatic carbocycles. The number of carbonyl (C=O) groups excluding carboxylic acids is 1. The number of carbonyl (C=O) groups is 1. The molecule has 1 amide bonds. The van der Waals surface area contributed by atoms with E-state index < -0.39 is 28.8 Å². The molecule has 1 N–H and O–H groups in total. The number of hydrogen-bond acceptors (Lipinski definition) is 5. The number of rotatable bonds is 5. The molecule has 1 aliphatic heterocycles. The largest absolute Gasteiger partial charge is 0.376 e. The molecular formula is C19H17F2N3O4S. The summed E-state index contributed by atoms with van der Waals surface area (Å²) < 4.78 is 34.8. The lowest BCUT2D eigenvalue weighted by atomic mass is 10.2. The zero-order valence-corrected chi connectivity index (χ0v) is 16.0. The van der Waals surface area contributed by atoms with Gasteiger partial charge in [-0.2, -0.15) is 0 Å². The Morgan fingerprint density at radius 1 is 1.24 bits per heavy atom. The standard InChI is InChI=1S/C19H17F2N3O4S/c20-11-6-12(21)8-13(7-11)24-18(26)17-15(3-5-29-17)23(19(24)27)10-16(25)22-9-14-2-1-4-28-14/h3,5-8,14H,1-2,4,9-10H2,(H,22,25). The molecular weight excluding hydrogens is 404 g/mol. The van der Waals surface area contributed by atoms with Crippen molar-refractivity contribution in [2.45, 2.75) is 25.5 Å². The Morgan fingerprint density at radius 2 is 2.00 bits per heavy atom. The number of nitrogens with zero attached hydrogens (tertiary/aromatic N) is 2. The minimum absolute atomic E-state index is 0.0546. The lowest BCUT2D eigenvalue weighted by Gasteiger charge is -2.14. The Labute approximate surface area is 167 Å². The van der Waals surface area contributed by atoms with Gasteiger partial charge in [0.05, 0.1) is 17.3 Å². The van der Waals surface area contributed by atoms with Crippen LogP contribution in [0, 0.1) is 11.6 Å². The van der Waals surface area contributed by atoms with E-state index in [1.807, 2.05) is 0 Å². The maximum absolute atomic E-state index is 13.7. The highest BCUT2D eigenvalue weighted by molar-refractivity contribution is 7.17. The van der Waals surface area contributed by atoms with Gasteiger partial charge in [0.15, 0.2) is 0 Å². The van der Waals surface area contributed by atoms with E-state index in [9.17, 15) is 23.2 Å². The van der Waals surface area contributed by atoms with Gasteiger partial charge in [0.1, 0.15) is 22.9 Å². The first kappa shape index (κ1) is 19.5. The first-order valence-electron chi connectivity index (χ1n) is 9.02. The summed E-state index contributed by atoms with van der Waals surface area (Å²) in [5.74, 6) is -2.26. The highest BCUT2D eigenvalue weighted by atomic mass is 32.1. The Hall–Kier alpha value is -2.85. The number of ether oxygens (including phenoxy) is 1. The number of fused-ring (bicyclic) bond motifs is 1. The van der Waals surface area contributed by atoms with E-state index in [0.717, 1.165) is 40.9 Å². The molecule has 0 saturated carbocycles. The number of nitrogens with one attached hydrogen (secondary N) is 1. The van der Waals surface area contributed by atoms with Gasteiger partial charge in [-0.1, -0.05) is 0 Å². The molecule has 152 valence electrons. The van der Waals surface area contributed by atoms with Gasteiger partial charge in [-0.3, -0.25) is 14.2 Å². The van der Waals surface area contributed by atoms with Gasteiger partial charge in [0.2, 0.25) is 5.91 Å². The zero-order valence-electron chi connectivity index (χ0n) is 15.2. The predicted molar refractivity (Wildman–Crippen MR) is 104 cm³/mol. The van der Waals surface area contributed by atoms with E-state index in [2.05, 4.69) is 5.32 Å². The molecule has 3 heterocycles. The van der Waals surface area contributed by atoms with Gasteiger partial charge in [0.25, 0.3) is 5.56 Å². The normalized spacial score (nSPS) is 16.4. The molecule has 0 bridgehead atoms. The summed E-state index contributed by atoms with van der Waals surface area (Å²) in [4.78, 5) is 38.2. The van der Waals surface area contributed by atoms with Crippen LogP contribution in [0.5, 0.6) is 0 Å². The van der Waals surface area contributed by atoms with E-state index in [0.29, 0.717) is 29.3 Å². The Balaban J connectivity index is 1.74. The molecule has 0 spiro atoms. The summed E-state index contributed by atoms with van der Waals surface area (Å²) in [7, 11) is 0. The van der Waals surface area contributed by atoms with Crippen molar-refractivity contribution in [3.63, 3.8) is 0 Å². The summed E-state index contributed by atoms with van der Waals surface area (Å²) in [5, 5.41) is 4.34. The Kier molecular flexibility index (Phi) is 5.29. The second-order valence-corrected chi connectivity index (χ2v) is 7.63. The molecule has 29 heavy (non-hydrogen) atoms. The summed E-state index contributed by atoms with van der Waals surface area (Å²) in [6, 6.07) is 4.00. The number of halogens is 2. The van der Waals surface area contributed by atoms with Crippen molar-refractivity contribution in [3.05, 3.63) is 62.1 Å². The number of benzene rings is 1. The van der Waals surface area contributed by atoms with E-state index >= 15 is 0 Å². The molecule has 10 heteroatoms. The average molecular weight is 421 g/mol. The number of thiophene rings is 1. The van der Waals surface area contributed by atoms with Crippen LogP contribution in [0.1, 0.15) is 12.8 Å². The second kappa shape index (κ2) is 7.88. The van der Waals surface area contributed by atoms with Crippen LogP contribution >= 0.6 is 11.3 Å². The highest BCUT2D eigenvalue weighted by Gasteiger charge is 2.20. The second-order valence-electron chi connectivity index (χ2n) is 6.71. The number of aromatic nitrogens is 2. The van der Waals surface area contributed by atoms with Crippen LogP contribution in [-0.4, -0.2) is 34.3 Å². The van der Waals surface area contributed by atoms with Gasteiger partial charge < -0.3 is 10.1 Å². The fraction of sp³-hybridized carbons (Fsp3) is 0.316. The molecule has 1 unspecified atom stereocenters. The summed E-state index contributed by atoms with van der Waals surface area (Å²) in [6.07, 6.45) is 1.73. The molecule has 1 saturated heterocycles. The van der Waals surface area contributed by atoms with Gasteiger partial charge >= 0.3 is 5.69 Å². The molecule has 1 aliphatic rings.